The van der Waals surface area contributed by atoms with Crippen LogP contribution in [0.25, 0.3) is 0 Å². The Bertz CT molecular complexity index is 751. The molecule has 0 radical (unpaired) electrons. The molecule has 1 saturated heterocycles. The summed E-state index contributed by atoms with van der Waals surface area (Å²) in [5.74, 6) is -0.615. The molecule has 5 nitrogen and oxygen atoms in total. The molecule has 0 unspecified atom stereocenters. The van der Waals surface area contributed by atoms with Crippen molar-refractivity contribution >= 4 is 29.1 Å². The monoisotopic (exact) mass is 343 g/mol. The van der Waals surface area contributed by atoms with Crippen molar-refractivity contribution in [3.05, 3.63) is 65.2 Å². The average molecular weight is 344 g/mol. The molecule has 6 heteroatoms. The molecule has 0 spiro atoms. The van der Waals surface area contributed by atoms with Gasteiger partial charge < -0.3 is 10.6 Å². The highest BCUT2D eigenvalue weighted by Gasteiger charge is 2.35. The van der Waals surface area contributed by atoms with Crippen LogP contribution in [-0.2, 0) is 9.59 Å². The summed E-state index contributed by atoms with van der Waals surface area (Å²) in [5.41, 5.74) is 6.94. The molecule has 1 heterocycles. The minimum Gasteiger partial charge on any atom is -0.368 e. The average Bonchev–Trinajstić information content (AvgIpc) is 2.94. The SMILES string of the molecule is NC(=O)[C@@H](N[C@H]1CCN(c2ccccc2Cl)C1=O)c1ccccc1. The van der Waals surface area contributed by atoms with Crippen molar-refractivity contribution in [2.45, 2.75) is 18.5 Å². The second kappa shape index (κ2) is 7.03. The smallest absolute Gasteiger partial charge is 0.244 e. The van der Waals surface area contributed by atoms with Gasteiger partial charge in [0, 0.05) is 6.54 Å². The predicted molar refractivity (Wildman–Crippen MR) is 93.7 cm³/mol. The minimum absolute atomic E-state index is 0.106. The molecule has 3 N–H and O–H groups in total. The first-order chi connectivity index (χ1) is 11.6. The standard InChI is InChI=1S/C18H18ClN3O2/c19-13-8-4-5-9-15(13)22-11-10-14(18(22)24)21-16(17(20)23)12-6-2-1-3-7-12/h1-9,14,16,21H,10-11H2,(H2,20,23)/t14-,16-/m0/s1. The molecule has 124 valence electrons. The molecule has 2 aromatic rings. The lowest BCUT2D eigenvalue weighted by molar-refractivity contribution is -0.121. The van der Waals surface area contributed by atoms with Crippen LogP contribution in [0.1, 0.15) is 18.0 Å². The van der Waals surface area contributed by atoms with E-state index in [4.69, 9.17) is 17.3 Å². The molecule has 0 aliphatic carbocycles. The Morgan fingerprint density at radius 3 is 2.50 bits per heavy atom. The fourth-order valence-electron chi connectivity index (χ4n) is 2.93. The summed E-state index contributed by atoms with van der Waals surface area (Å²) in [6.07, 6.45) is 0.584. The Morgan fingerprint density at radius 1 is 1.17 bits per heavy atom. The number of carbonyl (C=O) groups excluding carboxylic acids is 2. The Morgan fingerprint density at radius 2 is 1.83 bits per heavy atom. The van der Waals surface area contributed by atoms with E-state index < -0.39 is 18.0 Å². The van der Waals surface area contributed by atoms with Crippen LogP contribution < -0.4 is 16.0 Å². The van der Waals surface area contributed by atoms with Crippen molar-refractivity contribution in [2.75, 3.05) is 11.4 Å². The number of para-hydroxylation sites is 1. The van der Waals surface area contributed by atoms with Gasteiger partial charge in [0.05, 0.1) is 16.8 Å². The summed E-state index contributed by atoms with van der Waals surface area (Å²) in [4.78, 5) is 26.2. The van der Waals surface area contributed by atoms with E-state index in [0.29, 0.717) is 23.7 Å². The fraction of sp³-hybridized carbons (Fsp3) is 0.222. The molecule has 0 bridgehead atoms. The van der Waals surface area contributed by atoms with Crippen LogP contribution in [0.2, 0.25) is 5.02 Å². The largest absolute Gasteiger partial charge is 0.368 e. The summed E-state index contributed by atoms with van der Waals surface area (Å²) in [6, 6.07) is 15.2. The number of rotatable bonds is 5. The minimum atomic E-state index is -0.702. The first kappa shape index (κ1) is 16.5. The van der Waals surface area contributed by atoms with Gasteiger partial charge in [0.15, 0.2) is 0 Å². The first-order valence-corrected chi connectivity index (χ1v) is 8.12. The number of nitrogens with two attached hydrogens (primary N) is 1. The summed E-state index contributed by atoms with van der Waals surface area (Å²) in [5, 5.41) is 3.62. The molecule has 0 aromatic heterocycles. The van der Waals surface area contributed by atoms with Crippen molar-refractivity contribution in [3.63, 3.8) is 0 Å². The normalized spacial score (nSPS) is 18.6. The number of hydrogen-bond donors (Lipinski definition) is 2. The van der Waals surface area contributed by atoms with E-state index in [1.54, 1.807) is 11.0 Å². The van der Waals surface area contributed by atoms with Gasteiger partial charge in [0.1, 0.15) is 6.04 Å². The third-order valence-corrected chi connectivity index (χ3v) is 4.45. The highest BCUT2D eigenvalue weighted by Crippen LogP contribution is 2.29. The van der Waals surface area contributed by atoms with Crippen LogP contribution in [0, 0.1) is 0 Å². The maximum atomic E-state index is 12.7. The van der Waals surface area contributed by atoms with Crippen LogP contribution in [0.15, 0.2) is 54.6 Å². The van der Waals surface area contributed by atoms with Crippen molar-refractivity contribution in [1.29, 1.82) is 0 Å². The topological polar surface area (TPSA) is 75.4 Å². The molecule has 2 aromatic carbocycles. The molecular weight excluding hydrogens is 326 g/mol. The van der Waals surface area contributed by atoms with Crippen molar-refractivity contribution < 1.29 is 9.59 Å². The zero-order valence-corrected chi connectivity index (χ0v) is 13.7. The highest BCUT2D eigenvalue weighted by molar-refractivity contribution is 6.33. The Labute approximate surface area is 145 Å². The summed E-state index contributed by atoms with van der Waals surface area (Å²) in [7, 11) is 0. The number of halogens is 1. The third kappa shape index (κ3) is 3.27. The molecule has 1 fully saturated rings. The first-order valence-electron chi connectivity index (χ1n) is 7.74. The van der Waals surface area contributed by atoms with E-state index in [1.165, 1.54) is 0 Å². The highest BCUT2D eigenvalue weighted by atomic mass is 35.5. The van der Waals surface area contributed by atoms with E-state index in [2.05, 4.69) is 5.32 Å². The van der Waals surface area contributed by atoms with E-state index in [1.807, 2.05) is 48.5 Å². The fourth-order valence-corrected chi connectivity index (χ4v) is 3.17. The molecule has 2 atom stereocenters. The van der Waals surface area contributed by atoms with Crippen LogP contribution >= 0.6 is 11.6 Å². The molecule has 1 aliphatic rings. The van der Waals surface area contributed by atoms with Gasteiger partial charge in [-0.1, -0.05) is 54.1 Å². The van der Waals surface area contributed by atoms with Crippen molar-refractivity contribution in [1.82, 2.24) is 5.32 Å². The van der Waals surface area contributed by atoms with Crippen molar-refractivity contribution in [2.24, 2.45) is 5.73 Å². The Hall–Kier alpha value is -2.37. The van der Waals surface area contributed by atoms with Gasteiger partial charge in [-0.15, -0.1) is 0 Å². The van der Waals surface area contributed by atoms with Gasteiger partial charge in [0.25, 0.3) is 0 Å². The van der Waals surface area contributed by atoms with Gasteiger partial charge >= 0.3 is 0 Å². The lowest BCUT2D eigenvalue weighted by Crippen LogP contribution is -2.44. The predicted octanol–water partition coefficient (Wildman–Crippen LogP) is 2.26. The van der Waals surface area contributed by atoms with E-state index in [-0.39, 0.29) is 5.91 Å². The van der Waals surface area contributed by atoms with Crippen molar-refractivity contribution in [3.8, 4) is 0 Å². The number of primary amides is 1. The quantitative estimate of drug-likeness (QED) is 0.874. The molecule has 2 amide bonds. The maximum absolute atomic E-state index is 12.7. The number of nitrogens with one attached hydrogen (secondary N) is 1. The summed E-state index contributed by atoms with van der Waals surface area (Å²) < 4.78 is 0. The Balaban J connectivity index is 1.78. The lowest BCUT2D eigenvalue weighted by Gasteiger charge is -2.21. The van der Waals surface area contributed by atoms with Crippen LogP contribution in [0.5, 0.6) is 0 Å². The number of nitrogens with zero attached hydrogens (tertiary/aromatic N) is 1. The zero-order valence-electron chi connectivity index (χ0n) is 13.0. The van der Waals surface area contributed by atoms with Gasteiger partial charge in [-0.25, -0.2) is 0 Å². The molecule has 24 heavy (non-hydrogen) atoms. The second-order valence-electron chi connectivity index (χ2n) is 5.70. The third-order valence-electron chi connectivity index (χ3n) is 4.13. The zero-order chi connectivity index (χ0) is 17.1. The van der Waals surface area contributed by atoms with Gasteiger partial charge in [-0.05, 0) is 24.1 Å². The molecule has 0 saturated carbocycles. The molecule has 1 aliphatic heterocycles. The molecular formula is C18H18ClN3O2. The van der Waals surface area contributed by atoms with E-state index in [9.17, 15) is 9.59 Å². The number of benzene rings is 2. The number of anilines is 1. The van der Waals surface area contributed by atoms with E-state index >= 15 is 0 Å². The number of hydrogen-bond acceptors (Lipinski definition) is 3. The maximum Gasteiger partial charge on any atom is 0.244 e. The van der Waals surface area contributed by atoms with E-state index in [0.717, 1.165) is 5.56 Å². The van der Waals surface area contributed by atoms with Gasteiger partial charge in [-0.2, -0.15) is 0 Å². The number of amides is 2. The van der Waals surface area contributed by atoms with Crippen LogP contribution in [0.3, 0.4) is 0 Å². The summed E-state index contributed by atoms with van der Waals surface area (Å²) >= 11 is 6.18. The Kier molecular flexibility index (Phi) is 4.83. The van der Waals surface area contributed by atoms with Gasteiger partial charge in [0.2, 0.25) is 11.8 Å². The van der Waals surface area contributed by atoms with Crippen LogP contribution in [0.4, 0.5) is 5.69 Å². The summed E-state index contributed by atoms with van der Waals surface area (Å²) in [6.45, 7) is 0.542. The second-order valence-corrected chi connectivity index (χ2v) is 6.10. The van der Waals surface area contributed by atoms with Crippen LogP contribution in [-0.4, -0.2) is 24.4 Å². The lowest BCUT2D eigenvalue weighted by atomic mass is 10.0. The molecule has 3 rings (SSSR count). The number of carbonyl (C=O) groups is 2. The van der Waals surface area contributed by atoms with Gasteiger partial charge in [-0.3, -0.25) is 14.9 Å².